The predicted molar refractivity (Wildman–Crippen MR) is 74.9 cm³/mol. The largest absolute Gasteiger partial charge is 0.496 e. The monoisotopic (exact) mass is 274 g/mol. The first-order valence-electron chi connectivity index (χ1n) is 6.35. The molecule has 2 rings (SSSR count). The Morgan fingerprint density at radius 1 is 1.45 bits per heavy atom. The van der Waals surface area contributed by atoms with Crippen LogP contribution in [0.25, 0.3) is 0 Å². The van der Waals surface area contributed by atoms with Crippen LogP contribution in [-0.2, 0) is 13.1 Å². The van der Waals surface area contributed by atoms with Gasteiger partial charge in [-0.15, -0.1) is 5.10 Å². The molecule has 0 unspecified atom stereocenters. The highest BCUT2D eigenvalue weighted by molar-refractivity contribution is 5.94. The van der Waals surface area contributed by atoms with Crippen molar-refractivity contribution in [3.8, 4) is 5.75 Å². The third-order valence-electron chi connectivity index (χ3n) is 2.96. The highest BCUT2D eigenvalue weighted by atomic mass is 16.5. The molecule has 0 atom stereocenters. The summed E-state index contributed by atoms with van der Waals surface area (Å²) in [5.74, 6) is 0.768. The fourth-order valence-corrected chi connectivity index (χ4v) is 1.97. The number of nitrogens with one attached hydrogen (secondary N) is 1. The number of benzene rings is 1. The summed E-state index contributed by atoms with van der Waals surface area (Å²) in [7, 11) is 3.47. The van der Waals surface area contributed by atoms with E-state index in [1.807, 2.05) is 19.3 Å². The number of carbonyl (C=O) groups is 1. The van der Waals surface area contributed by atoms with Crippen molar-refractivity contribution in [3.63, 3.8) is 0 Å². The van der Waals surface area contributed by atoms with E-state index in [9.17, 15) is 4.79 Å². The summed E-state index contributed by atoms with van der Waals surface area (Å²) in [6.45, 7) is 2.73. The number of rotatable bonds is 6. The Balaban J connectivity index is 2.25. The van der Waals surface area contributed by atoms with Crippen LogP contribution in [0, 0.1) is 0 Å². The van der Waals surface area contributed by atoms with Crippen LogP contribution in [0.2, 0.25) is 0 Å². The molecule has 0 aliphatic heterocycles. The fraction of sp³-hybridized carbons (Fsp3) is 0.357. The number of hydrogen-bond acceptors (Lipinski definition) is 5. The molecule has 1 heterocycles. The van der Waals surface area contributed by atoms with E-state index < -0.39 is 0 Å². The molecule has 0 radical (unpaired) electrons. The van der Waals surface area contributed by atoms with Crippen LogP contribution in [-0.4, -0.2) is 34.9 Å². The minimum atomic E-state index is 0.0309. The molecule has 6 nitrogen and oxygen atoms in total. The van der Waals surface area contributed by atoms with Gasteiger partial charge in [-0.05, 0) is 32.2 Å². The van der Waals surface area contributed by atoms with Gasteiger partial charge < -0.3 is 10.1 Å². The first-order valence-corrected chi connectivity index (χ1v) is 6.35. The Morgan fingerprint density at radius 2 is 2.25 bits per heavy atom. The van der Waals surface area contributed by atoms with E-state index in [1.54, 1.807) is 30.8 Å². The Morgan fingerprint density at radius 3 is 2.90 bits per heavy atom. The number of aromatic nitrogens is 3. The third kappa shape index (κ3) is 3.21. The zero-order valence-corrected chi connectivity index (χ0v) is 11.9. The average Bonchev–Trinajstić information content (AvgIpc) is 2.86. The lowest BCUT2D eigenvalue weighted by molar-refractivity contribution is 0.101. The molecule has 20 heavy (non-hydrogen) atoms. The maximum Gasteiger partial charge on any atom is 0.159 e. The van der Waals surface area contributed by atoms with E-state index in [2.05, 4.69) is 15.6 Å². The van der Waals surface area contributed by atoms with Crippen LogP contribution in [0.5, 0.6) is 5.75 Å². The van der Waals surface area contributed by atoms with Gasteiger partial charge in [0.05, 0.1) is 25.5 Å². The summed E-state index contributed by atoms with van der Waals surface area (Å²) >= 11 is 0. The van der Waals surface area contributed by atoms with Gasteiger partial charge in [-0.1, -0.05) is 5.21 Å². The topological polar surface area (TPSA) is 69.0 Å². The van der Waals surface area contributed by atoms with Gasteiger partial charge in [0, 0.05) is 17.7 Å². The summed E-state index contributed by atoms with van der Waals surface area (Å²) in [5, 5.41) is 11.1. The lowest BCUT2D eigenvalue weighted by Gasteiger charge is -2.09. The Hall–Kier alpha value is -2.21. The standard InChI is InChI=1S/C14H18N4O2/c1-10(19)11-4-5-14(20-3)12(6-11)8-18-9-13(7-15-2)16-17-18/h4-6,9,15H,7-8H2,1-3H3. The van der Waals surface area contributed by atoms with E-state index in [4.69, 9.17) is 4.74 Å². The molecule has 1 aromatic heterocycles. The molecule has 0 spiro atoms. The summed E-state index contributed by atoms with van der Waals surface area (Å²) in [6.07, 6.45) is 1.87. The van der Waals surface area contributed by atoms with E-state index >= 15 is 0 Å². The van der Waals surface area contributed by atoms with Gasteiger partial charge in [0.25, 0.3) is 0 Å². The zero-order valence-electron chi connectivity index (χ0n) is 11.9. The molecule has 0 saturated heterocycles. The Bertz CT molecular complexity index is 607. The zero-order chi connectivity index (χ0) is 14.5. The second-order valence-corrected chi connectivity index (χ2v) is 4.52. The molecule has 6 heteroatoms. The average molecular weight is 274 g/mol. The Kier molecular flexibility index (Phi) is 4.47. The molecule has 0 aliphatic carbocycles. The minimum absolute atomic E-state index is 0.0309. The van der Waals surface area contributed by atoms with E-state index in [0.717, 1.165) is 17.0 Å². The molecular formula is C14H18N4O2. The summed E-state index contributed by atoms with van der Waals surface area (Å²) in [6, 6.07) is 5.40. The second-order valence-electron chi connectivity index (χ2n) is 4.52. The van der Waals surface area contributed by atoms with Gasteiger partial charge in [-0.2, -0.15) is 0 Å². The first-order chi connectivity index (χ1) is 9.63. The molecule has 0 amide bonds. The van der Waals surface area contributed by atoms with Crippen molar-refractivity contribution in [2.75, 3.05) is 14.2 Å². The van der Waals surface area contributed by atoms with Crippen molar-refractivity contribution < 1.29 is 9.53 Å². The molecule has 0 fully saturated rings. The van der Waals surface area contributed by atoms with Gasteiger partial charge in [0.15, 0.2) is 5.78 Å². The first kappa shape index (κ1) is 14.2. The highest BCUT2D eigenvalue weighted by Crippen LogP contribution is 2.21. The van der Waals surface area contributed by atoms with Crippen molar-refractivity contribution in [1.29, 1.82) is 0 Å². The number of ketones is 1. The Labute approximate surface area is 117 Å². The quantitative estimate of drug-likeness (QED) is 0.803. The van der Waals surface area contributed by atoms with Crippen LogP contribution in [0.1, 0.15) is 28.5 Å². The van der Waals surface area contributed by atoms with Gasteiger partial charge in [-0.3, -0.25) is 4.79 Å². The van der Waals surface area contributed by atoms with Crippen molar-refractivity contribution in [1.82, 2.24) is 20.3 Å². The van der Waals surface area contributed by atoms with Crippen molar-refractivity contribution >= 4 is 5.78 Å². The van der Waals surface area contributed by atoms with Crippen molar-refractivity contribution in [2.24, 2.45) is 0 Å². The number of carbonyl (C=O) groups excluding carboxylic acids is 1. The highest BCUT2D eigenvalue weighted by Gasteiger charge is 2.09. The minimum Gasteiger partial charge on any atom is -0.496 e. The van der Waals surface area contributed by atoms with Crippen LogP contribution < -0.4 is 10.1 Å². The van der Waals surface area contributed by atoms with Crippen LogP contribution in [0.3, 0.4) is 0 Å². The molecule has 1 N–H and O–H groups in total. The SMILES string of the molecule is CNCc1cn(Cc2cc(C(C)=O)ccc2OC)nn1. The number of nitrogens with zero attached hydrogens (tertiary/aromatic N) is 3. The summed E-state index contributed by atoms with van der Waals surface area (Å²) < 4.78 is 7.05. The molecule has 106 valence electrons. The maximum atomic E-state index is 11.5. The van der Waals surface area contributed by atoms with E-state index in [-0.39, 0.29) is 5.78 Å². The maximum absolute atomic E-state index is 11.5. The van der Waals surface area contributed by atoms with Gasteiger partial charge in [0.1, 0.15) is 5.75 Å². The normalized spacial score (nSPS) is 10.6. The predicted octanol–water partition coefficient (Wildman–Crippen LogP) is 1.26. The van der Waals surface area contributed by atoms with Crippen molar-refractivity contribution in [2.45, 2.75) is 20.0 Å². The second kappa shape index (κ2) is 6.29. The molecule has 0 bridgehead atoms. The fourth-order valence-electron chi connectivity index (χ4n) is 1.97. The molecular weight excluding hydrogens is 256 g/mol. The smallest absolute Gasteiger partial charge is 0.159 e. The number of hydrogen-bond donors (Lipinski definition) is 1. The third-order valence-corrected chi connectivity index (χ3v) is 2.96. The number of Topliss-reactive ketones (excluding diaryl/α,β-unsaturated/α-hetero) is 1. The van der Waals surface area contributed by atoms with Gasteiger partial charge in [0.2, 0.25) is 0 Å². The van der Waals surface area contributed by atoms with Gasteiger partial charge >= 0.3 is 0 Å². The summed E-state index contributed by atoms with van der Waals surface area (Å²) in [5.41, 5.74) is 2.44. The number of methoxy groups -OCH3 is 1. The molecule has 0 saturated carbocycles. The lowest BCUT2D eigenvalue weighted by atomic mass is 10.1. The van der Waals surface area contributed by atoms with Gasteiger partial charge in [-0.25, -0.2) is 4.68 Å². The molecule has 0 aliphatic rings. The lowest BCUT2D eigenvalue weighted by Crippen LogP contribution is -2.05. The van der Waals surface area contributed by atoms with E-state index in [0.29, 0.717) is 18.7 Å². The van der Waals surface area contributed by atoms with Crippen LogP contribution >= 0.6 is 0 Å². The van der Waals surface area contributed by atoms with E-state index in [1.165, 1.54) is 0 Å². The molecule has 1 aromatic carbocycles. The van der Waals surface area contributed by atoms with Crippen molar-refractivity contribution in [3.05, 3.63) is 41.2 Å². The van der Waals surface area contributed by atoms with Crippen LogP contribution in [0.15, 0.2) is 24.4 Å². The number of ether oxygens (including phenoxy) is 1. The summed E-state index contributed by atoms with van der Waals surface area (Å²) in [4.78, 5) is 11.5. The molecule has 2 aromatic rings. The van der Waals surface area contributed by atoms with Crippen LogP contribution in [0.4, 0.5) is 0 Å².